The van der Waals surface area contributed by atoms with Gasteiger partial charge in [0.2, 0.25) is 5.79 Å². The lowest BCUT2D eigenvalue weighted by atomic mass is 10.1. The maximum absolute atomic E-state index is 9.06. The first-order valence-electron chi connectivity index (χ1n) is 2.93. The van der Waals surface area contributed by atoms with Crippen LogP contribution in [-0.4, -0.2) is 51.6 Å². The van der Waals surface area contributed by atoms with E-state index in [0.29, 0.717) is 0 Å². The van der Waals surface area contributed by atoms with Crippen molar-refractivity contribution in [3.05, 3.63) is 0 Å². The van der Waals surface area contributed by atoms with Gasteiger partial charge in [-0.15, -0.1) is 0 Å². The van der Waals surface area contributed by atoms with E-state index in [1.807, 2.05) is 0 Å². The third-order valence-corrected chi connectivity index (χ3v) is 1.56. The monoisotopic (exact) mass is 150 g/mol. The van der Waals surface area contributed by atoms with Crippen LogP contribution in [-0.2, 0) is 4.74 Å². The Morgan fingerprint density at radius 1 is 1.50 bits per heavy atom. The zero-order valence-electron chi connectivity index (χ0n) is 5.27. The van der Waals surface area contributed by atoms with Crippen LogP contribution in [0.5, 0.6) is 0 Å². The molecule has 1 unspecified atom stereocenters. The second-order valence-corrected chi connectivity index (χ2v) is 2.33. The molecule has 1 saturated heterocycles. The lowest BCUT2D eigenvalue weighted by Gasteiger charge is -2.22. The van der Waals surface area contributed by atoms with E-state index in [-0.39, 0.29) is 6.61 Å². The van der Waals surface area contributed by atoms with Crippen molar-refractivity contribution < 1.29 is 25.2 Å². The third kappa shape index (κ3) is 1.02. The molecule has 5 heteroatoms. The molecule has 4 N–H and O–H groups in total. The fourth-order valence-electron chi connectivity index (χ4n) is 0.846. The number of ether oxygens (including phenoxy) is 1. The molecule has 0 aromatic rings. The van der Waals surface area contributed by atoms with Crippen LogP contribution < -0.4 is 0 Å². The number of hydrogen-bond acceptors (Lipinski definition) is 5. The highest BCUT2D eigenvalue weighted by molar-refractivity contribution is 4.88. The average Bonchev–Trinajstić information content (AvgIpc) is 2.19. The molecule has 5 nitrogen and oxygen atoms in total. The molecule has 60 valence electrons. The smallest absolute Gasteiger partial charge is 0.218 e. The van der Waals surface area contributed by atoms with Crippen molar-refractivity contribution in [2.24, 2.45) is 0 Å². The Kier molecular flexibility index (Phi) is 1.93. The molecule has 1 heterocycles. The van der Waals surface area contributed by atoms with Crippen molar-refractivity contribution >= 4 is 0 Å². The van der Waals surface area contributed by atoms with Crippen molar-refractivity contribution in [1.82, 2.24) is 0 Å². The Labute approximate surface area is 57.5 Å². The summed E-state index contributed by atoms with van der Waals surface area (Å²) in [7, 11) is 0. The maximum atomic E-state index is 9.06. The second-order valence-electron chi connectivity index (χ2n) is 2.33. The number of hydrogen-bond donors (Lipinski definition) is 4. The maximum Gasteiger partial charge on any atom is 0.218 e. The quantitative estimate of drug-likeness (QED) is 0.329. The topological polar surface area (TPSA) is 90.2 Å². The van der Waals surface area contributed by atoms with Crippen LogP contribution >= 0.6 is 0 Å². The minimum absolute atomic E-state index is 0.155. The lowest BCUT2D eigenvalue weighted by molar-refractivity contribution is -0.234. The van der Waals surface area contributed by atoms with Gasteiger partial charge in [0.25, 0.3) is 0 Å². The van der Waals surface area contributed by atoms with Gasteiger partial charge in [0.1, 0.15) is 12.2 Å². The summed E-state index contributed by atoms with van der Waals surface area (Å²) in [6, 6.07) is 0. The van der Waals surface area contributed by atoms with Crippen molar-refractivity contribution in [3.8, 4) is 0 Å². The Morgan fingerprint density at radius 3 is 2.30 bits per heavy atom. The minimum atomic E-state index is -1.97. The van der Waals surface area contributed by atoms with Crippen molar-refractivity contribution in [2.75, 3.05) is 13.2 Å². The van der Waals surface area contributed by atoms with Gasteiger partial charge >= 0.3 is 0 Å². The minimum Gasteiger partial charge on any atom is -0.391 e. The van der Waals surface area contributed by atoms with Gasteiger partial charge < -0.3 is 25.2 Å². The highest BCUT2D eigenvalue weighted by Crippen LogP contribution is 2.22. The van der Waals surface area contributed by atoms with Crippen molar-refractivity contribution in [2.45, 2.75) is 18.0 Å². The summed E-state index contributed by atoms with van der Waals surface area (Å²) in [4.78, 5) is 0. The summed E-state index contributed by atoms with van der Waals surface area (Å²) in [6.07, 6.45) is -2.53. The third-order valence-electron chi connectivity index (χ3n) is 1.56. The van der Waals surface area contributed by atoms with E-state index < -0.39 is 24.6 Å². The van der Waals surface area contributed by atoms with E-state index in [9.17, 15) is 0 Å². The normalized spacial score (nSPS) is 48.0. The van der Waals surface area contributed by atoms with Crippen LogP contribution in [0.3, 0.4) is 0 Å². The van der Waals surface area contributed by atoms with Crippen LogP contribution in [0.15, 0.2) is 0 Å². The molecule has 1 fully saturated rings. The molecule has 0 saturated carbocycles. The zero-order valence-corrected chi connectivity index (χ0v) is 5.27. The van der Waals surface area contributed by atoms with Crippen LogP contribution in [0, 0.1) is 0 Å². The van der Waals surface area contributed by atoms with Gasteiger partial charge in [0.15, 0.2) is 0 Å². The fraction of sp³-hybridized carbons (Fsp3) is 1.00. The molecule has 1 aliphatic rings. The first-order chi connectivity index (χ1) is 4.60. The van der Waals surface area contributed by atoms with Crippen molar-refractivity contribution in [3.63, 3.8) is 0 Å². The Morgan fingerprint density at radius 2 is 2.10 bits per heavy atom. The van der Waals surface area contributed by atoms with Crippen LogP contribution in [0.4, 0.5) is 0 Å². The van der Waals surface area contributed by atoms with Crippen LogP contribution in [0.25, 0.3) is 0 Å². The Balaban J connectivity index is 2.64. The van der Waals surface area contributed by atoms with E-state index in [1.165, 1.54) is 0 Å². The summed E-state index contributed by atoms with van der Waals surface area (Å²) >= 11 is 0. The highest BCUT2D eigenvalue weighted by Gasteiger charge is 2.47. The van der Waals surface area contributed by atoms with E-state index in [1.54, 1.807) is 0 Å². The van der Waals surface area contributed by atoms with Crippen LogP contribution in [0.2, 0.25) is 0 Å². The molecule has 10 heavy (non-hydrogen) atoms. The molecule has 1 aliphatic heterocycles. The standard InChI is InChI=1S/C5H10O5/c6-2-5(9)4(8)3(7)1-10-5/h3-4,6-9H,1-2H2/t3-,4?,5-/m0/s1. The molecular formula is C5H10O5. The predicted octanol–water partition coefficient (Wildman–Crippen LogP) is -2.58. The molecule has 0 spiro atoms. The van der Waals surface area contributed by atoms with Gasteiger partial charge in [0, 0.05) is 0 Å². The van der Waals surface area contributed by atoms with E-state index >= 15 is 0 Å². The van der Waals surface area contributed by atoms with Gasteiger partial charge in [-0.1, -0.05) is 0 Å². The summed E-state index contributed by atoms with van der Waals surface area (Å²) in [5.41, 5.74) is 0. The fourth-order valence-corrected chi connectivity index (χ4v) is 0.846. The summed E-state index contributed by atoms with van der Waals surface area (Å²) < 4.78 is 4.52. The summed E-state index contributed by atoms with van der Waals surface area (Å²) in [6.45, 7) is -0.872. The first-order valence-corrected chi connectivity index (χ1v) is 2.93. The predicted molar refractivity (Wildman–Crippen MR) is 30.0 cm³/mol. The van der Waals surface area contributed by atoms with Gasteiger partial charge in [-0.05, 0) is 0 Å². The van der Waals surface area contributed by atoms with Gasteiger partial charge in [-0.3, -0.25) is 0 Å². The zero-order chi connectivity index (χ0) is 7.78. The van der Waals surface area contributed by atoms with E-state index in [0.717, 1.165) is 0 Å². The van der Waals surface area contributed by atoms with Crippen LogP contribution in [0.1, 0.15) is 0 Å². The summed E-state index contributed by atoms with van der Waals surface area (Å²) in [5.74, 6) is -1.97. The van der Waals surface area contributed by atoms with E-state index in [2.05, 4.69) is 4.74 Å². The largest absolute Gasteiger partial charge is 0.391 e. The van der Waals surface area contributed by atoms with Gasteiger partial charge in [-0.2, -0.15) is 0 Å². The molecule has 3 atom stereocenters. The number of rotatable bonds is 1. The lowest BCUT2D eigenvalue weighted by Crippen LogP contribution is -2.46. The second kappa shape index (κ2) is 2.44. The molecule has 0 bridgehead atoms. The summed E-state index contributed by atoms with van der Waals surface area (Å²) in [5, 5.41) is 35.3. The SMILES string of the molecule is OC[C@]1(O)OC[C@H](O)C1O. The Hall–Kier alpha value is -0.200. The van der Waals surface area contributed by atoms with Crippen molar-refractivity contribution in [1.29, 1.82) is 0 Å². The molecule has 0 aromatic carbocycles. The molecule has 0 amide bonds. The molecule has 1 rings (SSSR count). The average molecular weight is 150 g/mol. The van der Waals surface area contributed by atoms with E-state index in [4.69, 9.17) is 20.4 Å². The first kappa shape index (κ1) is 7.90. The molecule has 0 radical (unpaired) electrons. The number of aliphatic hydroxyl groups excluding tert-OH is 3. The van der Waals surface area contributed by atoms with Gasteiger partial charge in [-0.25, -0.2) is 0 Å². The molecular weight excluding hydrogens is 140 g/mol. The molecule has 0 aromatic heterocycles. The number of aliphatic hydroxyl groups is 4. The highest BCUT2D eigenvalue weighted by atomic mass is 16.7. The Bertz CT molecular complexity index is 127. The molecule has 0 aliphatic carbocycles. The van der Waals surface area contributed by atoms with Gasteiger partial charge in [0.05, 0.1) is 13.2 Å².